The first-order chi connectivity index (χ1) is 13.6. The van der Waals surface area contributed by atoms with Gasteiger partial charge in [0.15, 0.2) is 0 Å². The highest BCUT2D eigenvalue weighted by Gasteiger charge is 2.31. The molecule has 0 aromatic carbocycles. The second-order valence-corrected chi connectivity index (χ2v) is 7.77. The standard InChI is InChI=1S/C20H21N3O4S/c1-3-26-20(25)13-6-4-8-23(11-13)19(24)14-10-15(16-7-5-9-28-16)21-18-17(14)12(2)22-27-18/h5,7,9-10,13H,3-4,6,8,11H2,1-2H3. The first-order valence-electron chi connectivity index (χ1n) is 9.35. The number of likely N-dealkylation sites (tertiary alicyclic amines) is 1. The van der Waals surface area contributed by atoms with E-state index in [1.165, 1.54) is 0 Å². The number of carbonyl (C=O) groups excluding carboxylic acids is 2. The lowest BCUT2D eigenvalue weighted by atomic mass is 9.97. The average molecular weight is 399 g/mol. The molecule has 0 spiro atoms. The van der Waals surface area contributed by atoms with Gasteiger partial charge in [0.05, 0.1) is 39.7 Å². The summed E-state index contributed by atoms with van der Waals surface area (Å²) in [6.07, 6.45) is 1.50. The molecule has 0 N–H and O–H groups in total. The quantitative estimate of drug-likeness (QED) is 0.622. The van der Waals surface area contributed by atoms with E-state index in [2.05, 4.69) is 10.1 Å². The molecule has 7 nitrogen and oxygen atoms in total. The van der Waals surface area contributed by atoms with E-state index in [4.69, 9.17) is 9.26 Å². The summed E-state index contributed by atoms with van der Waals surface area (Å²) in [5, 5.41) is 6.58. The second-order valence-electron chi connectivity index (χ2n) is 6.82. The Balaban J connectivity index is 1.70. The maximum absolute atomic E-state index is 13.4. The summed E-state index contributed by atoms with van der Waals surface area (Å²) in [5.74, 6) is -0.652. The van der Waals surface area contributed by atoms with Crippen LogP contribution in [0.2, 0.25) is 0 Å². The third kappa shape index (κ3) is 3.40. The predicted molar refractivity (Wildman–Crippen MR) is 105 cm³/mol. The third-order valence-electron chi connectivity index (χ3n) is 4.95. The minimum absolute atomic E-state index is 0.134. The summed E-state index contributed by atoms with van der Waals surface area (Å²) in [6, 6.07) is 5.69. The van der Waals surface area contributed by atoms with Gasteiger partial charge in [0.25, 0.3) is 11.6 Å². The SMILES string of the molecule is CCOC(=O)C1CCCN(C(=O)c2cc(-c3cccs3)nc3onc(C)c23)C1. The Morgan fingerprint density at radius 3 is 3.04 bits per heavy atom. The van der Waals surface area contributed by atoms with Crippen molar-refractivity contribution in [3.05, 3.63) is 34.8 Å². The number of carbonyl (C=O) groups is 2. The Labute approximate surface area is 166 Å². The van der Waals surface area contributed by atoms with E-state index in [0.717, 1.165) is 17.7 Å². The van der Waals surface area contributed by atoms with E-state index >= 15 is 0 Å². The summed E-state index contributed by atoms with van der Waals surface area (Å²) in [4.78, 5) is 32.7. The molecule has 0 bridgehead atoms. The number of nitrogens with zero attached hydrogens (tertiary/aromatic N) is 3. The lowest BCUT2D eigenvalue weighted by Crippen LogP contribution is -2.42. The number of aryl methyl sites for hydroxylation is 1. The summed E-state index contributed by atoms with van der Waals surface area (Å²) >= 11 is 1.55. The maximum Gasteiger partial charge on any atom is 0.310 e. The van der Waals surface area contributed by atoms with Gasteiger partial charge in [-0.3, -0.25) is 9.59 Å². The van der Waals surface area contributed by atoms with Gasteiger partial charge in [-0.05, 0) is 44.2 Å². The number of pyridine rings is 1. The smallest absolute Gasteiger partial charge is 0.310 e. The highest BCUT2D eigenvalue weighted by molar-refractivity contribution is 7.13. The van der Waals surface area contributed by atoms with Crippen molar-refractivity contribution in [2.45, 2.75) is 26.7 Å². The van der Waals surface area contributed by atoms with Gasteiger partial charge in [-0.25, -0.2) is 4.98 Å². The number of ether oxygens (including phenoxy) is 1. The molecule has 0 radical (unpaired) electrons. The molecule has 1 unspecified atom stereocenters. The normalized spacial score (nSPS) is 17.1. The fourth-order valence-electron chi connectivity index (χ4n) is 3.60. The second kappa shape index (κ2) is 7.71. The van der Waals surface area contributed by atoms with Crippen molar-refractivity contribution in [2.75, 3.05) is 19.7 Å². The molecule has 1 aliphatic heterocycles. The molecular weight excluding hydrogens is 378 g/mol. The van der Waals surface area contributed by atoms with Crippen LogP contribution in [0.3, 0.4) is 0 Å². The number of rotatable bonds is 4. The van der Waals surface area contributed by atoms with Gasteiger partial charge in [-0.2, -0.15) is 0 Å². The van der Waals surface area contributed by atoms with Crippen molar-refractivity contribution < 1.29 is 18.8 Å². The van der Waals surface area contributed by atoms with E-state index in [1.807, 2.05) is 17.5 Å². The Hall–Kier alpha value is -2.74. The Morgan fingerprint density at radius 1 is 1.43 bits per heavy atom. The van der Waals surface area contributed by atoms with Gasteiger partial charge in [0.1, 0.15) is 0 Å². The van der Waals surface area contributed by atoms with Crippen LogP contribution in [0.25, 0.3) is 21.7 Å². The number of piperidine rings is 1. The van der Waals surface area contributed by atoms with E-state index in [0.29, 0.717) is 47.7 Å². The Kier molecular flexibility index (Phi) is 5.13. The minimum atomic E-state index is -0.282. The molecule has 3 aromatic heterocycles. The molecule has 146 valence electrons. The number of esters is 1. The van der Waals surface area contributed by atoms with Crippen molar-refractivity contribution in [1.82, 2.24) is 15.0 Å². The molecule has 1 atom stereocenters. The fraction of sp³-hybridized carbons (Fsp3) is 0.400. The summed E-state index contributed by atoms with van der Waals surface area (Å²) < 4.78 is 10.5. The summed E-state index contributed by atoms with van der Waals surface area (Å²) in [7, 11) is 0. The van der Waals surface area contributed by atoms with Gasteiger partial charge in [-0.15, -0.1) is 11.3 Å². The van der Waals surface area contributed by atoms with Crippen LogP contribution >= 0.6 is 11.3 Å². The largest absolute Gasteiger partial charge is 0.466 e. The van der Waals surface area contributed by atoms with E-state index in [9.17, 15) is 9.59 Å². The van der Waals surface area contributed by atoms with Crippen LogP contribution in [0.15, 0.2) is 28.1 Å². The number of hydrogen-bond acceptors (Lipinski definition) is 7. The van der Waals surface area contributed by atoms with Gasteiger partial charge in [0, 0.05) is 13.1 Å². The molecule has 28 heavy (non-hydrogen) atoms. The third-order valence-corrected chi connectivity index (χ3v) is 5.84. The number of hydrogen-bond donors (Lipinski definition) is 0. The monoisotopic (exact) mass is 399 g/mol. The summed E-state index contributed by atoms with van der Waals surface area (Å²) in [6.45, 7) is 4.90. The van der Waals surface area contributed by atoms with Crippen molar-refractivity contribution in [1.29, 1.82) is 0 Å². The molecule has 1 saturated heterocycles. The molecule has 0 aliphatic carbocycles. The van der Waals surface area contributed by atoms with Crippen LogP contribution in [0, 0.1) is 12.8 Å². The lowest BCUT2D eigenvalue weighted by Gasteiger charge is -2.31. The van der Waals surface area contributed by atoms with Crippen molar-refractivity contribution in [3.63, 3.8) is 0 Å². The predicted octanol–water partition coefficient (Wildman–Crippen LogP) is 3.68. The van der Waals surface area contributed by atoms with E-state index in [-0.39, 0.29) is 17.8 Å². The number of fused-ring (bicyclic) bond motifs is 1. The Bertz CT molecular complexity index is 1010. The van der Waals surface area contributed by atoms with Gasteiger partial charge >= 0.3 is 5.97 Å². The maximum atomic E-state index is 13.4. The molecule has 4 heterocycles. The molecule has 3 aromatic rings. The van der Waals surface area contributed by atoms with E-state index < -0.39 is 0 Å². The zero-order valence-electron chi connectivity index (χ0n) is 15.8. The van der Waals surface area contributed by atoms with Gasteiger partial charge in [0.2, 0.25) is 0 Å². The minimum Gasteiger partial charge on any atom is -0.466 e. The van der Waals surface area contributed by atoms with Crippen molar-refractivity contribution in [2.24, 2.45) is 5.92 Å². The van der Waals surface area contributed by atoms with Crippen LogP contribution in [0.1, 0.15) is 35.8 Å². The van der Waals surface area contributed by atoms with Crippen LogP contribution in [0.4, 0.5) is 0 Å². The average Bonchev–Trinajstić information content (AvgIpc) is 3.37. The zero-order valence-corrected chi connectivity index (χ0v) is 16.6. The molecule has 1 fully saturated rings. The van der Waals surface area contributed by atoms with Crippen molar-refractivity contribution >= 4 is 34.3 Å². The Morgan fingerprint density at radius 2 is 2.29 bits per heavy atom. The highest BCUT2D eigenvalue weighted by atomic mass is 32.1. The van der Waals surface area contributed by atoms with Gasteiger partial charge in [-0.1, -0.05) is 11.2 Å². The number of thiophene rings is 1. The molecule has 0 saturated carbocycles. The van der Waals surface area contributed by atoms with Crippen LogP contribution in [0.5, 0.6) is 0 Å². The van der Waals surface area contributed by atoms with E-state index in [1.54, 1.807) is 36.2 Å². The van der Waals surface area contributed by atoms with Crippen LogP contribution < -0.4 is 0 Å². The van der Waals surface area contributed by atoms with Crippen LogP contribution in [-0.4, -0.2) is 46.6 Å². The highest BCUT2D eigenvalue weighted by Crippen LogP contribution is 2.31. The number of aromatic nitrogens is 2. The molecule has 1 aliphatic rings. The first-order valence-corrected chi connectivity index (χ1v) is 10.2. The topological polar surface area (TPSA) is 85.5 Å². The van der Waals surface area contributed by atoms with Crippen LogP contribution in [-0.2, 0) is 9.53 Å². The summed E-state index contributed by atoms with van der Waals surface area (Å²) in [5.41, 5.74) is 2.17. The number of amides is 1. The van der Waals surface area contributed by atoms with Crippen molar-refractivity contribution in [3.8, 4) is 10.6 Å². The fourth-order valence-corrected chi connectivity index (χ4v) is 4.28. The molecule has 8 heteroatoms. The zero-order chi connectivity index (χ0) is 19.7. The molecular formula is C20H21N3O4S. The lowest BCUT2D eigenvalue weighted by molar-refractivity contribution is -0.149. The first kappa shape index (κ1) is 18.6. The molecule has 4 rings (SSSR count). The molecule has 1 amide bonds. The van der Waals surface area contributed by atoms with Gasteiger partial charge < -0.3 is 14.2 Å².